The lowest BCUT2D eigenvalue weighted by Gasteiger charge is -2.17. The number of rotatable bonds is 3. The third kappa shape index (κ3) is 1.57. The molecule has 2 saturated carbocycles. The van der Waals surface area contributed by atoms with Gasteiger partial charge in [0.15, 0.2) is 9.84 Å². The summed E-state index contributed by atoms with van der Waals surface area (Å²) in [6, 6.07) is 8.83. The molecule has 1 aromatic carbocycles. The normalized spacial score (nSPS) is 34.1. The molecule has 3 atom stereocenters. The van der Waals surface area contributed by atoms with E-state index in [1.807, 2.05) is 13.0 Å². The second-order valence-electron chi connectivity index (χ2n) is 5.76. The van der Waals surface area contributed by atoms with Gasteiger partial charge in [0.05, 0.1) is 10.1 Å². The number of sulfone groups is 1. The summed E-state index contributed by atoms with van der Waals surface area (Å²) in [4.78, 5) is 0.466. The SMILES string of the molecule is C=C(C)C12CC1CC(S(=O)(=O)c1ccccc1)C2. The lowest BCUT2D eigenvalue weighted by atomic mass is 9.96. The van der Waals surface area contributed by atoms with Crippen molar-refractivity contribution in [3.05, 3.63) is 42.5 Å². The Morgan fingerprint density at radius 3 is 2.50 bits per heavy atom. The first-order valence-electron chi connectivity index (χ1n) is 6.42. The van der Waals surface area contributed by atoms with Gasteiger partial charge in [0.2, 0.25) is 0 Å². The average molecular weight is 262 g/mol. The predicted molar refractivity (Wildman–Crippen MR) is 72.0 cm³/mol. The highest BCUT2D eigenvalue weighted by Crippen LogP contribution is 2.68. The van der Waals surface area contributed by atoms with E-state index in [9.17, 15) is 8.42 Å². The van der Waals surface area contributed by atoms with E-state index in [0.29, 0.717) is 10.8 Å². The highest BCUT2D eigenvalue weighted by molar-refractivity contribution is 7.92. The van der Waals surface area contributed by atoms with Crippen LogP contribution in [0.25, 0.3) is 0 Å². The number of hydrogen-bond acceptors (Lipinski definition) is 2. The van der Waals surface area contributed by atoms with Gasteiger partial charge >= 0.3 is 0 Å². The molecule has 2 aliphatic rings. The number of allylic oxidation sites excluding steroid dienone is 1. The van der Waals surface area contributed by atoms with Gasteiger partial charge in [-0.3, -0.25) is 0 Å². The molecule has 0 amide bonds. The minimum atomic E-state index is -3.15. The standard InChI is InChI=1S/C15H18O2S/c1-11(2)15-9-12(15)8-14(10-15)18(16,17)13-6-4-3-5-7-13/h3-7,12,14H,1,8-10H2,2H3. The van der Waals surface area contributed by atoms with Gasteiger partial charge in [0, 0.05) is 0 Å². The molecule has 0 N–H and O–H groups in total. The molecular weight excluding hydrogens is 244 g/mol. The van der Waals surface area contributed by atoms with E-state index in [-0.39, 0.29) is 10.7 Å². The minimum Gasteiger partial charge on any atom is -0.223 e. The monoisotopic (exact) mass is 262 g/mol. The molecule has 96 valence electrons. The minimum absolute atomic E-state index is 0.145. The number of hydrogen-bond donors (Lipinski definition) is 0. The van der Waals surface area contributed by atoms with Crippen LogP contribution < -0.4 is 0 Å². The van der Waals surface area contributed by atoms with Gasteiger partial charge in [0.1, 0.15) is 0 Å². The van der Waals surface area contributed by atoms with Crippen LogP contribution in [0.15, 0.2) is 47.4 Å². The molecule has 0 aliphatic heterocycles. The maximum absolute atomic E-state index is 12.5. The molecule has 3 unspecified atom stereocenters. The smallest absolute Gasteiger partial charge is 0.181 e. The fourth-order valence-corrected chi connectivity index (χ4v) is 5.41. The van der Waals surface area contributed by atoms with Crippen LogP contribution in [-0.4, -0.2) is 13.7 Å². The first kappa shape index (κ1) is 12.0. The van der Waals surface area contributed by atoms with Crippen molar-refractivity contribution in [2.75, 3.05) is 0 Å². The summed E-state index contributed by atoms with van der Waals surface area (Å²) < 4.78 is 25.1. The van der Waals surface area contributed by atoms with Crippen molar-refractivity contribution in [3.8, 4) is 0 Å². The van der Waals surface area contributed by atoms with E-state index < -0.39 is 9.84 Å². The molecule has 18 heavy (non-hydrogen) atoms. The topological polar surface area (TPSA) is 34.1 Å². The third-order valence-electron chi connectivity index (χ3n) is 4.73. The summed E-state index contributed by atoms with van der Waals surface area (Å²) >= 11 is 0. The number of benzene rings is 1. The van der Waals surface area contributed by atoms with Gasteiger partial charge in [-0.05, 0) is 49.7 Å². The van der Waals surface area contributed by atoms with Crippen molar-refractivity contribution in [2.45, 2.75) is 36.3 Å². The number of fused-ring (bicyclic) bond motifs is 1. The summed E-state index contributed by atoms with van der Waals surface area (Å²) in [6.45, 7) is 6.08. The Morgan fingerprint density at radius 2 is 1.94 bits per heavy atom. The van der Waals surface area contributed by atoms with Crippen molar-refractivity contribution in [2.24, 2.45) is 11.3 Å². The first-order valence-corrected chi connectivity index (χ1v) is 7.96. The summed E-state index contributed by atoms with van der Waals surface area (Å²) in [5.41, 5.74) is 1.31. The molecule has 0 spiro atoms. The van der Waals surface area contributed by atoms with E-state index in [0.717, 1.165) is 19.3 Å². The summed E-state index contributed by atoms with van der Waals surface area (Å²) in [5.74, 6) is 0.554. The largest absolute Gasteiger partial charge is 0.223 e. The van der Waals surface area contributed by atoms with Crippen molar-refractivity contribution in [1.29, 1.82) is 0 Å². The van der Waals surface area contributed by atoms with Crippen LogP contribution in [0.4, 0.5) is 0 Å². The van der Waals surface area contributed by atoms with Crippen LogP contribution in [0.2, 0.25) is 0 Å². The van der Waals surface area contributed by atoms with Crippen LogP contribution >= 0.6 is 0 Å². The van der Waals surface area contributed by atoms with Crippen LogP contribution in [0, 0.1) is 11.3 Å². The quantitative estimate of drug-likeness (QED) is 0.784. The van der Waals surface area contributed by atoms with E-state index in [1.165, 1.54) is 5.57 Å². The van der Waals surface area contributed by atoms with Crippen molar-refractivity contribution >= 4 is 9.84 Å². The zero-order valence-electron chi connectivity index (χ0n) is 10.6. The van der Waals surface area contributed by atoms with E-state index in [4.69, 9.17) is 0 Å². The fraction of sp³-hybridized carbons (Fsp3) is 0.467. The zero-order chi connectivity index (χ0) is 13.0. The molecule has 0 heterocycles. The molecule has 3 heteroatoms. The van der Waals surface area contributed by atoms with Crippen LogP contribution in [0.5, 0.6) is 0 Å². The van der Waals surface area contributed by atoms with E-state index in [2.05, 4.69) is 6.58 Å². The van der Waals surface area contributed by atoms with Gasteiger partial charge < -0.3 is 0 Å². The second-order valence-corrected chi connectivity index (χ2v) is 7.99. The Labute approximate surface area is 109 Å². The van der Waals surface area contributed by atoms with Crippen molar-refractivity contribution in [1.82, 2.24) is 0 Å². The third-order valence-corrected chi connectivity index (χ3v) is 6.90. The lowest BCUT2D eigenvalue weighted by Crippen LogP contribution is -2.21. The molecule has 0 bridgehead atoms. The maximum atomic E-state index is 12.5. The lowest BCUT2D eigenvalue weighted by molar-refractivity contribution is 0.547. The van der Waals surface area contributed by atoms with Crippen LogP contribution in [0.1, 0.15) is 26.2 Å². The molecule has 2 fully saturated rings. The summed E-state index contributed by atoms with van der Waals surface area (Å²) in [7, 11) is -3.15. The van der Waals surface area contributed by atoms with E-state index >= 15 is 0 Å². The maximum Gasteiger partial charge on any atom is 0.181 e. The molecule has 2 nitrogen and oxygen atoms in total. The van der Waals surface area contributed by atoms with Gasteiger partial charge in [-0.15, -0.1) is 0 Å². The van der Waals surface area contributed by atoms with Crippen LogP contribution in [-0.2, 0) is 9.84 Å². The molecule has 1 aromatic rings. The van der Waals surface area contributed by atoms with Crippen molar-refractivity contribution in [3.63, 3.8) is 0 Å². The average Bonchev–Trinajstić information content (AvgIpc) is 2.93. The molecular formula is C15H18O2S. The van der Waals surface area contributed by atoms with Gasteiger partial charge in [-0.25, -0.2) is 8.42 Å². The molecule has 0 radical (unpaired) electrons. The molecule has 2 aliphatic carbocycles. The highest BCUT2D eigenvalue weighted by atomic mass is 32.2. The molecule has 0 aromatic heterocycles. The fourth-order valence-electron chi connectivity index (χ4n) is 3.48. The van der Waals surface area contributed by atoms with Gasteiger partial charge in [-0.2, -0.15) is 0 Å². The molecule has 3 rings (SSSR count). The van der Waals surface area contributed by atoms with Gasteiger partial charge in [0.25, 0.3) is 0 Å². The summed E-state index contributed by atoms with van der Waals surface area (Å²) in [6.07, 6.45) is 2.72. The zero-order valence-corrected chi connectivity index (χ0v) is 11.4. The Morgan fingerprint density at radius 1 is 1.28 bits per heavy atom. The Balaban J connectivity index is 1.88. The summed E-state index contributed by atoms with van der Waals surface area (Å²) in [5, 5.41) is -0.213. The molecule has 0 saturated heterocycles. The Bertz CT molecular complexity index is 588. The predicted octanol–water partition coefficient (Wildman–Crippen LogP) is 3.21. The second kappa shape index (κ2) is 3.70. The Kier molecular flexibility index (Phi) is 2.46. The van der Waals surface area contributed by atoms with Crippen LogP contribution in [0.3, 0.4) is 0 Å². The van der Waals surface area contributed by atoms with Crippen molar-refractivity contribution < 1.29 is 8.42 Å². The highest BCUT2D eigenvalue weighted by Gasteiger charge is 2.62. The van der Waals surface area contributed by atoms with Gasteiger partial charge in [-0.1, -0.05) is 30.4 Å². The first-order chi connectivity index (χ1) is 8.47. The Hall–Kier alpha value is -1.09. The van der Waals surface area contributed by atoms with E-state index in [1.54, 1.807) is 24.3 Å².